The molecule has 5 rings (SSSR count). The molecule has 6 nitrogen and oxygen atoms in total. The van der Waals surface area contributed by atoms with Crippen molar-refractivity contribution in [2.45, 2.75) is 57.0 Å². The number of carbonyl (C=O) groups is 1. The van der Waals surface area contributed by atoms with Crippen LogP contribution in [0.3, 0.4) is 0 Å². The zero-order valence-electron chi connectivity index (χ0n) is 18.5. The van der Waals surface area contributed by atoms with Gasteiger partial charge in [-0.3, -0.25) is 4.79 Å². The number of primary amides is 1. The number of nitrogens with two attached hydrogens (primary N) is 1. The van der Waals surface area contributed by atoms with E-state index < -0.39 is 23.1 Å². The second-order valence-corrected chi connectivity index (χ2v) is 9.35. The molecule has 2 aromatic heterocycles. The number of rotatable bonds is 4. The largest absolute Gasteiger partial charge is 0.380 e. The average molecular weight is 453 g/mol. The number of nitrogens with one attached hydrogen (secondary N) is 1. The SMILES string of the molecule is CC(C)c1c(C2CCC(O)(C(N)=O)CC2)c2cc3[nH]cnc3cc2n1-c1ccc(F)c(F)c1. The number of benzene rings is 2. The number of carbonyl (C=O) groups excluding carboxylic acids is 1. The third-order valence-electron chi connectivity index (χ3n) is 6.97. The maximum absolute atomic E-state index is 14.2. The number of hydrogen-bond donors (Lipinski definition) is 3. The normalized spacial score (nSPS) is 21.3. The summed E-state index contributed by atoms with van der Waals surface area (Å²) in [6, 6.07) is 7.94. The minimum atomic E-state index is -1.48. The number of amides is 1. The quantitative estimate of drug-likeness (QED) is 0.416. The number of aliphatic hydroxyl groups is 1. The fourth-order valence-corrected chi connectivity index (χ4v) is 5.29. The summed E-state index contributed by atoms with van der Waals surface area (Å²) in [6.07, 6.45) is 3.39. The molecule has 0 spiro atoms. The molecule has 4 aromatic rings. The summed E-state index contributed by atoms with van der Waals surface area (Å²) in [7, 11) is 0. The summed E-state index contributed by atoms with van der Waals surface area (Å²) in [4.78, 5) is 19.3. The summed E-state index contributed by atoms with van der Waals surface area (Å²) in [5, 5.41) is 11.6. The smallest absolute Gasteiger partial charge is 0.249 e. The molecule has 172 valence electrons. The van der Waals surface area contributed by atoms with Crippen LogP contribution in [0.4, 0.5) is 8.78 Å². The van der Waals surface area contributed by atoms with Crippen LogP contribution in [0.5, 0.6) is 0 Å². The molecule has 8 heteroatoms. The van der Waals surface area contributed by atoms with E-state index in [1.165, 1.54) is 6.07 Å². The van der Waals surface area contributed by atoms with Crippen molar-refractivity contribution in [2.75, 3.05) is 0 Å². The van der Waals surface area contributed by atoms with Crippen LogP contribution in [0, 0.1) is 11.6 Å². The van der Waals surface area contributed by atoms with Gasteiger partial charge in [0.05, 0.1) is 22.9 Å². The molecule has 0 radical (unpaired) electrons. The highest BCUT2D eigenvalue weighted by molar-refractivity contribution is 5.98. The Morgan fingerprint density at radius 2 is 1.94 bits per heavy atom. The first-order chi connectivity index (χ1) is 15.7. The van der Waals surface area contributed by atoms with E-state index in [1.807, 2.05) is 16.7 Å². The van der Waals surface area contributed by atoms with E-state index in [1.54, 1.807) is 12.4 Å². The molecule has 1 aliphatic rings. The first kappa shape index (κ1) is 21.6. The predicted octanol–water partition coefficient (Wildman–Crippen LogP) is 4.78. The number of nitrogens with zero attached hydrogens (tertiary/aromatic N) is 2. The van der Waals surface area contributed by atoms with Crippen LogP contribution in [0.15, 0.2) is 36.7 Å². The maximum atomic E-state index is 14.2. The van der Waals surface area contributed by atoms with Crippen LogP contribution in [0.25, 0.3) is 27.6 Å². The number of aromatic nitrogens is 3. The third kappa shape index (κ3) is 3.40. The van der Waals surface area contributed by atoms with Gasteiger partial charge in [-0.2, -0.15) is 0 Å². The monoisotopic (exact) mass is 452 g/mol. The van der Waals surface area contributed by atoms with Gasteiger partial charge < -0.3 is 20.4 Å². The van der Waals surface area contributed by atoms with Crippen molar-refractivity contribution in [2.24, 2.45) is 5.73 Å². The standard InChI is InChI=1S/C25H26F2N4O2/c1-13(2)23-22(14-5-7-25(33,8-6-14)24(28)32)16-10-19-20(30-12-29-19)11-21(16)31(23)15-3-4-17(26)18(27)9-15/h3-4,9-14,33H,5-8H2,1-2H3,(H2,28,32)(H,29,30). The number of imidazole rings is 1. The summed E-state index contributed by atoms with van der Waals surface area (Å²) in [5.41, 5.74) is 9.11. The van der Waals surface area contributed by atoms with Gasteiger partial charge in [0.1, 0.15) is 5.60 Å². The van der Waals surface area contributed by atoms with E-state index in [0.717, 1.165) is 39.3 Å². The van der Waals surface area contributed by atoms with E-state index in [2.05, 4.69) is 23.8 Å². The van der Waals surface area contributed by atoms with Gasteiger partial charge in [0.2, 0.25) is 5.91 Å². The van der Waals surface area contributed by atoms with Crippen molar-refractivity contribution >= 4 is 27.8 Å². The Labute approximate surface area is 189 Å². The van der Waals surface area contributed by atoms with E-state index >= 15 is 0 Å². The van der Waals surface area contributed by atoms with Gasteiger partial charge in [0, 0.05) is 22.8 Å². The Hall–Kier alpha value is -3.26. The Morgan fingerprint density at radius 1 is 1.21 bits per heavy atom. The lowest BCUT2D eigenvalue weighted by atomic mass is 9.74. The summed E-state index contributed by atoms with van der Waals surface area (Å²) in [5.74, 6) is -2.33. The number of aromatic amines is 1. The number of H-pyrrole nitrogens is 1. The predicted molar refractivity (Wildman–Crippen MR) is 122 cm³/mol. The molecule has 4 N–H and O–H groups in total. The van der Waals surface area contributed by atoms with Gasteiger partial charge in [0.15, 0.2) is 11.6 Å². The second-order valence-electron chi connectivity index (χ2n) is 9.35. The fraction of sp³-hybridized carbons (Fsp3) is 0.360. The number of fused-ring (bicyclic) bond motifs is 2. The van der Waals surface area contributed by atoms with Crippen LogP contribution < -0.4 is 5.73 Å². The average Bonchev–Trinajstić information content (AvgIpc) is 3.36. The van der Waals surface area contributed by atoms with Crippen LogP contribution in [0.2, 0.25) is 0 Å². The Morgan fingerprint density at radius 3 is 2.58 bits per heavy atom. The summed E-state index contributed by atoms with van der Waals surface area (Å²) in [6.45, 7) is 4.14. The van der Waals surface area contributed by atoms with Crippen molar-refractivity contribution in [3.05, 3.63) is 59.6 Å². The molecule has 1 aliphatic carbocycles. The zero-order chi connectivity index (χ0) is 23.5. The Kier molecular flexibility index (Phi) is 5.01. The Bertz CT molecular complexity index is 1380. The van der Waals surface area contributed by atoms with Crippen molar-refractivity contribution in [1.82, 2.24) is 14.5 Å². The second kappa shape index (κ2) is 7.66. The van der Waals surface area contributed by atoms with E-state index in [0.29, 0.717) is 18.5 Å². The lowest BCUT2D eigenvalue weighted by Crippen LogP contribution is -2.46. The van der Waals surface area contributed by atoms with Gasteiger partial charge in [-0.25, -0.2) is 13.8 Å². The molecule has 33 heavy (non-hydrogen) atoms. The van der Waals surface area contributed by atoms with Gasteiger partial charge >= 0.3 is 0 Å². The zero-order valence-corrected chi connectivity index (χ0v) is 18.5. The van der Waals surface area contributed by atoms with Crippen LogP contribution >= 0.6 is 0 Å². The Balaban J connectivity index is 1.77. The van der Waals surface area contributed by atoms with Crippen LogP contribution in [-0.2, 0) is 4.79 Å². The van der Waals surface area contributed by atoms with Crippen molar-refractivity contribution in [1.29, 1.82) is 0 Å². The highest BCUT2D eigenvalue weighted by atomic mass is 19.2. The molecule has 2 heterocycles. The third-order valence-corrected chi connectivity index (χ3v) is 6.97. The van der Waals surface area contributed by atoms with E-state index in [4.69, 9.17) is 5.73 Å². The molecule has 0 saturated heterocycles. The summed E-state index contributed by atoms with van der Waals surface area (Å²) >= 11 is 0. The van der Waals surface area contributed by atoms with E-state index in [-0.39, 0.29) is 24.7 Å². The van der Waals surface area contributed by atoms with Crippen LogP contribution in [-0.4, -0.2) is 31.1 Å². The molecule has 0 bridgehead atoms. The molecule has 0 unspecified atom stereocenters. The maximum Gasteiger partial charge on any atom is 0.249 e. The van der Waals surface area contributed by atoms with Gasteiger partial charge in [-0.15, -0.1) is 0 Å². The molecule has 1 saturated carbocycles. The molecule has 2 aromatic carbocycles. The van der Waals surface area contributed by atoms with E-state index in [9.17, 15) is 18.7 Å². The minimum Gasteiger partial charge on any atom is -0.380 e. The van der Waals surface area contributed by atoms with Gasteiger partial charge in [0.25, 0.3) is 0 Å². The first-order valence-corrected chi connectivity index (χ1v) is 11.2. The first-order valence-electron chi connectivity index (χ1n) is 11.2. The molecular formula is C25H26F2N4O2. The van der Waals surface area contributed by atoms with Crippen molar-refractivity contribution in [3.63, 3.8) is 0 Å². The fourth-order valence-electron chi connectivity index (χ4n) is 5.29. The van der Waals surface area contributed by atoms with Gasteiger partial charge in [-0.1, -0.05) is 13.8 Å². The van der Waals surface area contributed by atoms with Crippen molar-refractivity contribution < 1.29 is 18.7 Å². The highest BCUT2D eigenvalue weighted by Gasteiger charge is 2.40. The molecule has 1 amide bonds. The highest BCUT2D eigenvalue weighted by Crippen LogP contribution is 2.46. The molecular weight excluding hydrogens is 426 g/mol. The lowest BCUT2D eigenvalue weighted by Gasteiger charge is -2.34. The minimum absolute atomic E-state index is 0.0729. The molecule has 0 atom stereocenters. The molecule has 0 aliphatic heterocycles. The topological polar surface area (TPSA) is 96.9 Å². The van der Waals surface area contributed by atoms with Crippen LogP contribution in [0.1, 0.15) is 62.6 Å². The number of halogens is 2. The number of hydrogen-bond acceptors (Lipinski definition) is 3. The van der Waals surface area contributed by atoms with Crippen molar-refractivity contribution in [3.8, 4) is 5.69 Å². The van der Waals surface area contributed by atoms with Gasteiger partial charge in [-0.05, 0) is 67.3 Å². The molecule has 1 fully saturated rings. The lowest BCUT2D eigenvalue weighted by molar-refractivity contribution is -0.139. The summed E-state index contributed by atoms with van der Waals surface area (Å²) < 4.78 is 30.0.